The average molecular weight is 248 g/mol. The molecule has 1 aliphatic heterocycles. The number of hydrogen-bond acceptors (Lipinski definition) is 4. The molecule has 5 heteroatoms. The minimum Gasteiger partial charge on any atom is -0.486 e. The second-order valence-electron chi connectivity index (χ2n) is 4.05. The van der Waals surface area contributed by atoms with Crippen molar-refractivity contribution in [3.8, 4) is 5.75 Å². The second-order valence-corrected chi connectivity index (χ2v) is 4.05. The van der Waals surface area contributed by atoms with Crippen LogP contribution in [0.2, 0.25) is 0 Å². The van der Waals surface area contributed by atoms with Crippen LogP contribution in [-0.4, -0.2) is 25.2 Å². The number of nitrogens with two attached hydrogens (primary N) is 1. The summed E-state index contributed by atoms with van der Waals surface area (Å²) in [6.07, 6.45) is 2.07. The summed E-state index contributed by atoms with van der Waals surface area (Å²) in [5.74, 6) is 0.294. The van der Waals surface area contributed by atoms with Crippen LogP contribution in [0.1, 0.15) is 6.42 Å². The lowest BCUT2D eigenvalue weighted by molar-refractivity contribution is -0.111. The molecule has 1 heterocycles. The van der Waals surface area contributed by atoms with Gasteiger partial charge in [0.15, 0.2) is 0 Å². The SMILES string of the molecule is C=CC(=O)Nc1cc(N)ccc1OC1CCOC1. The normalized spacial score (nSPS) is 18.3. The van der Waals surface area contributed by atoms with E-state index >= 15 is 0 Å². The van der Waals surface area contributed by atoms with Crippen LogP contribution in [0, 0.1) is 0 Å². The monoisotopic (exact) mass is 248 g/mol. The van der Waals surface area contributed by atoms with Crippen molar-refractivity contribution in [2.75, 3.05) is 24.3 Å². The van der Waals surface area contributed by atoms with Gasteiger partial charge in [0.1, 0.15) is 11.9 Å². The molecule has 0 radical (unpaired) electrons. The first kappa shape index (κ1) is 12.4. The van der Waals surface area contributed by atoms with E-state index < -0.39 is 0 Å². The van der Waals surface area contributed by atoms with Gasteiger partial charge in [-0.2, -0.15) is 0 Å². The van der Waals surface area contributed by atoms with Crippen molar-refractivity contribution >= 4 is 17.3 Å². The number of rotatable bonds is 4. The van der Waals surface area contributed by atoms with Crippen molar-refractivity contribution in [3.63, 3.8) is 0 Å². The Morgan fingerprint density at radius 2 is 2.44 bits per heavy atom. The molecule has 1 fully saturated rings. The number of carbonyl (C=O) groups is 1. The smallest absolute Gasteiger partial charge is 0.247 e. The third-order valence-corrected chi connectivity index (χ3v) is 2.63. The summed E-state index contributed by atoms with van der Waals surface area (Å²) < 4.78 is 11.0. The molecule has 1 saturated heterocycles. The lowest BCUT2D eigenvalue weighted by Gasteiger charge is -2.16. The summed E-state index contributed by atoms with van der Waals surface area (Å²) in [6, 6.07) is 5.13. The highest BCUT2D eigenvalue weighted by molar-refractivity contribution is 6.00. The zero-order chi connectivity index (χ0) is 13.0. The molecular formula is C13H16N2O3. The summed E-state index contributed by atoms with van der Waals surface area (Å²) >= 11 is 0. The van der Waals surface area contributed by atoms with E-state index in [-0.39, 0.29) is 12.0 Å². The molecule has 1 unspecified atom stereocenters. The number of ether oxygens (including phenoxy) is 2. The van der Waals surface area contributed by atoms with Crippen molar-refractivity contribution in [1.29, 1.82) is 0 Å². The van der Waals surface area contributed by atoms with Gasteiger partial charge in [-0.05, 0) is 24.3 Å². The van der Waals surface area contributed by atoms with E-state index in [1.54, 1.807) is 18.2 Å². The summed E-state index contributed by atoms with van der Waals surface area (Å²) in [4.78, 5) is 11.3. The van der Waals surface area contributed by atoms with E-state index in [0.717, 1.165) is 6.42 Å². The second kappa shape index (κ2) is 5.55. The molecule has 1 atom stereocenters. The van der Waals surface area contributed by atoms with Crippen molar-refractivity contribution in [2.24, 2.45) is 0 Å². The van der Waals surface area contributed by atoms with E-state index in [4.69, 9.17) is 15.2 Å². The quantitative estimate of drug-likeness (QED) is 0.626. The molecule has 18 heavy (non-hydrogen) atoms. The van der Waals surface area contributed by atoms with Gasteiger partial charge in [-0.1, -0.05) is 6.58 Å². The van der Waals surface area contributed by atoms with Crippen molar-refractivity contribution in [2.45, 2.75) is 12.5 Å². The first-order valence-electron chi connectivity index (χ1n) is 5.76. The van der Waals surface area contributed by atoms with Crippen LogP contribution in [-0.2, 0) is 9.53 Å². The van der Waals surface area contributed by atoms with E-state index in [0.29, 0.717) is 30.3 Å². The minimum atomic E-state index is -0.298. The highest BCUT2D eigenvalue weighted by Crippen LogP contribution is 2.29. The minimum absolute atomic E-state index is 0.0213. The van der Waals surface area contributed by atoms with Crippen LogP contribution in [0.4, 0.5) is 11.4 Å². The number of hydrogen-bond donors (Lipinski definition) is 2. The van der Waals surface area contributed by atoms with Gasteiger partial charge < -0.3 is 20.5 Å². The van der Waals surface area contributed by atoms with Crippen molar-refractivity contribution in [3.05, 3.63) is 30.9 Å². The molecule has 0 saturated carbocycles. The molecule has 0 aromatic heterocycles. The van der Waals surface area contributed by atoms with Crippen LogP contribution in [0.15, 0.2) is 30.9 Å². The summed E-state index contributed by atoms with van der Waals surface area (Å²) in [5, 5.41) is 2.67. The molecule has 96 valence electrons. The number of nitrogens with one attached hydrogen (secondary N) is 1. The third kappa shape index (κ3) is 3.01. The number of benzene rings is 1. The fourth-order valence-corrected chi connectivity index (χ4v) is 1.72. The number of carbonyl (C=O) groups excluding carboxylic acids is 1. The van der Waals surface area contributed by atoms with E-state index in [2.05, 4.69) is 11.9 Å². The van der Waals surface area contributed by atoms with Gasteiger partial charge >= 0.3 is 0 Å². The molecule has 2 rings (SSSR count). The largest absolute Gasteiger partial charge is 0.486 e. The first-order valence-corrected chi connectivity index (χ1v) is 5.76. The Balaban J connectivity index is 2.16. The molecule has 1 aromatic carbocycles. The molecular weight excluding hydrogens is 232 g/mol. The molecule has 3 N–H and O–H groups in total. The Morgan fingerprint density at radius 3 is 3.11 bits per heavy atom. The molecule has 0 bridgehead atoms. The van der Waals surface area contributed by atoms with Gasteiger partial charge in [-0.15, -0.1) is 0 Å². The Morgan fingerprint density at radius 1 is 1.61 bits per heavy atom. The predicted molar refractivity (Wildman–Crippen MR) is 69.5 cm³/mol. The molecule has 1 aliphatic rings. The van der Waals surface area contributed by atoms with Gasteiger partial charge in [0, 0.05) is 12.1 Å². The van der Waals surface area contributed by atoms with Crippen LogP contribution in [0.5, 0.6) is 5.75 Å². The molecule has 1 amide bonds. The van der Waals surface area contributed by atoms with Crippen LogP contribution >= 0.6 is 0 Å². The maximum absolute atomic E-state index is 11.3. The van der Waals surface area contributed by atoms with Gasteiger partial charge in [-0.3, -0.25) is 4.79 Å². The molecule has 1 aromatic rings. The molecule has 0 spiro atoms. The maximum Gasteiger partial charge on any atom is 0.247 e. The average Bonchev–Trinajstić information content (AvgIpc) is 2.85. The maximum atomic E-state index is 11.3. The van der Waals surface area contributed by atoms with Crippen molar-refractivity contribution < 1.29 is 14.3 Å². The Bertz CT molecular complexity index is 454. The Kier molecular flexibility index (Phi) is 3.84. The highest BCUT2D eigenvalue weighted by Gasteiger charge is 2.19. The fourth-order valence-electron chi connectivity index (χ4n) is 1.72. The first-order chi connectivity index (χ1) is 8.69. The highest BCUT2D eigenvalue weighted by atomic mass is 16.5. The summed E-state index contributed by atoms with van der Waals surface area (Å²) in [6.45, 7) is 4.68. The molecule has 0 aliphatic carbocycles. The standard InChI is InChI=1S/C13H16N2O3/c1-2-13(16)15-11-7-9(14)3-4-12(11)18-10-5-6-17-8-10/h2-4,7,10H,1,5-6,8,14H2,(H,15,16). The third-order valence-electron chi connectivity index (χ3n) is 2.63. The fraction of sp³-hybridized carbons (Fsp3) is 0.308. The predicted octanol–water partition coefficient (Wildman–Crippen LogP) is 1.56. The van der Waals surface area contributed by atoms with Crippen LogP contribution in [0.3, 0.4) is 0 Å². The topological polar surface area (TPSA) is 73.6 Å². The summed E-state index contributed by atoms with van der Waals surface area (Å²) in [5.41, 5.74) is 6.80. The van der Waals surface area contributed by atoms with Gasteiger partial charge in [0.2, 0.25) is 5.91 Å². The summed E-state index contributed by atoms with van der Waals surface area (Å²) in [7, 11) is 0. The Labute approximate surface area is 106 Å². The zero-order valence-corrected chi connectivity index (χ0v) is 10.0. The van der Waals surface area contributed by atoms with Crippen LogP contribution in [0.25, 0.3) is 0 Å². The zero-order valence-electron chi connectivity index (χ0n) is 10.0. The van der Waals surface area contributed by atoms with Gasteiger partial charge in [0.05, 0.1) is 18.9 Å². The van der Waals surface area contributed by atoms with Crippen molar-refractivity contribution in [1.82, 2.24) is 0 Å². The van der Waals surface area contributed by atoms with Crippen LogP contribution < -0.4 is 15.8 Å². The van der Waals surface area contributed by atoms with Gasteiger partial charge in [-0.25, -0.2) is 0 Å². The Hall–Kier alpha value is -2.01. The molecule has 5 nitrogen and oxygen atoms in total. The number of nitrogen functional groups attached to an aromatic ring is 1. The van der Waals surface area contributed by atoms with E-state index in [1.807, 2.05) is 0 Å². The lowest BCUT2D eigenvalue weighted by atomic mass is 10.2. The van der Waals surface area contributed by atoms with E-state index in [9.17, 15) is 4.79 Å². The lowest BCUT2D eigenvalue weighted by Crippen LogP contribution is -2.17. The van der Waals surface area contributed by atoms with Gasteiger partial charge in [0.25, 0.3) is 0 Å². The number of anilines is 2. The number of amides is 1. The van der Waals surface area contributed by atoms with E-state index in [1.165, 1.54) is 6.08 Å².